The van der Waals surface area contributed by atoms with E-state index in [1.165, 1.54) is 6.20 Å². The largest absolute Gasteiger partial charge is 0.481 e. The van der Waals surface area contributed by atoms with E-state index in [4.69, 9.17) is 5.11 Å². The number of thioether (sulfide) groups is 1. The Bertz CT molecular complexity index is 458. The summed E-state index contributed by atoms with van der Waals surface area (Å²) in [6.45, 7) is 1.50. The van der Waals surface area contributed by atoms with Crippen molar-refractivity contribution in [2.75, 3.05) is 29.9 Å². The Hall–Kier alpha value is -1.76. The zero-order valence-corrected chi connectivity index (χ0v) is 11.2. The van der Waals surface area contributed by atoms with Crippen LogP contribution in [0.15, 0.2) is 18.3 Å². The summed E-state index contributed by atoms with van der Waals surface area (Å²) in [5, 5.41) is 11.4. The molecule has 7 heteroatoms. The first-order valence-corrected chi connectivity index (χ1v) is 7.11. The Morgan fingerprint density at radius 3 is 2.68 bits per heavy atom. The molecule has 0 saturated carbocycles. The fourth-order valence-corrected chi connectivity index (χ4v) is 2.63. The van der Waals surface area contributed by atoms with Crippen LogP contribution in [0, 0.1) is 0 Å². The number of urea groups is 1. The third-order valence-corrected chi connectivity index (χ3v) is 3.65. The zero-order chi connectivity index (χ0) is 13.7. The average Bonchev–Trinajstić information content (AvgIpc) is 2.41. The first-order valence-electron chi connectivity index (χ1n) is 5.95. The van der Waals surface area contributed by atoms with Gasteiger partial charge >= 0.3 is 12.0 Å². The molecule has 1 aromatic rings. The molecule has 0 unspecified atom stereocenters. The van der Waals surface area contributed by atoms with E-state index in [2.05, 4.69) is 10.3 Å². The Kier molecular flexibility index (Phi) is 4.62. The van der Waals surface area contributed by atoms with Crippen LogP contribution in [-0.2, 0) is 11.2 Å². The number of aliphatic carboxylic acids is 1. The van der Waals surface area contributed by atoms with Crippen molar-refractivity contribution in [3.05, 3.63) is 24.0 Å². The summed E-state index contributed by atoms with van der Waals surface area (Å²) in [5.74, 6) is 1.00. The first-order chi connectivity index (χ1) is 9.15. The second-order valence-corrected chi connectivity index (χ2v) is 5.36. The third kappa shape index (κ3) is 4.13. The number of aromatic nitrogens is 1. The monoisotopic (exact) mass is 281 g/mol. The van der Waals surface area contributed by atoms with Gasteiger partial charge in [-0.25, -0.2) is 4.79 Å². The molecule has 0 aliphatic carbocycles. The van der Waals surface area contributed by atoms with Crippen molar-refractivity contribution >= 4 is 29.4 Å². The maximum absolute atomic E-state index is 11.9. The van der Waals surface area contributed by atoms with Gasteiger partial charge in [0, 0.05) is 24.6 Å². The first kappa shape index (κ1) is 13.7. The van der Waals surface area contributed by atoms with Crippen LogP contribution in [0.5, 0.6) is 0 Å². The third-order valence-electron chi connectivity index (χ3n) is 2.71. The lowest BCUT2D eigenvalue weighted by atomic mass is 10.2. The molecule has 19 heavy (non-hydrogen) atoms. The van der Waals surface area contributed by atoms with Crippen LogP contribution in [0.25, 0.3) is 0 Å². The predicted molar refractivity (Wildman–Crippen MR) is 73.5 cm³/mol. The Balaban J connectivity index is 1.91. The number of anilines is 1. The number of carboxylic acid groups (broad SMARTS) is 1. The summed E-state index contributed by atoms with van der Waals surface area (Å²) in [4.78, 5) is 28.2. The summed E-state index contributed by atoms with van der Waals surface area (Å²) in [6.07, 6.45) is 1.37. The fourth-order valence-electron chi connectivity index (χ4n) is 1.73. The van der Waals surface area contributed by atoms with Crippen molar-refractivity contribution in [3.8, 4) is 0 Å². The van der Waals surface area contributed by atoms with E-state index in [0.717, 1.165) is 24.6 Å². The van der Waals surface area contributed by atoms with Crippen molar-refractivity contribution in [2.24, 2.45) is 0 Å². The molecule has 1 aliphatic rings. The minimum absolute atomic E-state index is 0.114. The standard InChI is InChI=1S/C12H15N3O3S/c16-11(17)7-9-1-2-10(8-13-9)14-12(18)15-3-5-19-6-4-15/h1-2,8H,3-7H2,(H,14,18)(H,16,17). The van der Waals surface area contributed by atoms with Crippen LogP contribution in [-0.4, -0.2) is 51.6 Å². The molecule has 102 valence electrons. The number of hydrogen-bond donors (Lipinski definition) is 2. The average molecular weight is 281 g/mol. The molecule has 2 rings (SSSR count). The maximum Gasteiger partial charge on any atom is 0.321 e. The van der Waals surface area contributed by atoms with Gasteiger partial charge in [-0.05, 0) is 12.1 Å². The highest BCUT2D eigenvalue weighted by Crippen LogP contribution is 2.12. The Morgan fingerprint density at radius 1 is 1.37 bits per heavy atom. The normalized spacial score (nSPS) is 15.1. The summed E-state index contributed by atoms with van der Waals surface area (Å²) >= 11 is 1.84. The van der Waals surface area contributed by atoms with Gasteiger partial charge in [0.15, 0.2) is 0 Å². The predicted octanol–water partition coefficient (Wildman–Crippen LogP) is 1.29. The molecule has 2 heterocycles. The molecular weight excluding hydrogens is 266 g/mol. The lowest BCUT2D eigenvalue weighted by Gasteiger charge is -2.26. The molecule has 0 atom stereocenters. The highest BCUT2D eigenvalue weighted by Gasteiger charge is 2.16. The van der Waals surface area contributed by atoms with Gasteiger partial charge in [0.25, 0.3) is 0 Å². The maximum atomic E-state index is 11.9. The Morgan fingerprint density at radius 2 is 2.11 bits per heavy atom. The zero-order valence-electron chi connectivity index (χ0n) is 10.3. The van der Waals surface area contributed by atoms with Gasteiger partial charge in [-0.15, -0.1) is 0 Å². The molecule has 0 aromatic carbocycles. The van der Waals surface area contributed by atoms with Crippen molar-refractivity contribution in [1.29, 1.82) is 0 Å². The number of carboxylic acids is 1. The van der Waals surface area contributed by atoms with Gasteiger partial charge in [0.2, 0.25) is 0 Å². The number of pyridine rings is 1. The molecule has 0 bridgehead atoms. The lowest BCUT2D eigenvalue weighted by molar-refractivity contribution is -0.136. The lowest BCUT2D eigenvalue weighted by Crippen LogP contribution is -2.40. The van der Waals surface area contributed by atoms with E-state index in [-0.39, 0.29) is 12.5 Å². The molecule has 6 nitrogen and oxygen atoms in total. The molecule has 1 fully saturated rings. The number of carbonyl (C=O) groups is 2. The van der Waals surface area contributed by atoms with Crippen molar-refractivity contribution in [2.45, 2.75) is 6.42 Å². The Labute approximate surface area is 115 Å². The molecular formula is C12H15N3O3S. The van der Waals surface area contributed by atoms with Crippen LogP contribution >= 0.6 is 11.8 Å². The highest BCUT2D eigenvalue weighted by molar-refractivity contribution is 7.99. The number of nitrogens with one attached hydrogen (secondary N) is 1. The van der Waals surface area contributed by atoms with Crippen LogP contribution in [0.1, 0.15) is 5.69 Å². The minimum Gasteiger partial charge on any atom is -0.481 e. The highest BCUT2D eigenvalue weighted by atomic mass is 32.2. The number of hydrogen-bond acceptors (Lipinski definition) is 4. The SMILES string of the molecule is O=C(O)Cc1ccc(NC(=O)N2CCSCC2)cn1. The second kappa shape index (κ2) is 6.42. The molecule has 1 aromatic heterocycles. The van der Waals surface area contributed by atoms with Gasteiger partial charge in [-0.3, -0.25) is 9.78 Å². The number of nitrogens with zero attached hydrogens (tertiary/aromatic N) is 2. The second-order valence-electron chi connectivity index (χ2n) is 4.14. The van der Waals surface area contributed by atoms with E-state index in [1.807, 2.05) is 11.8 Å². The summed E-state index contributed by atoms with van der Waals surface area (Å²) in [5.41, 5.74) is 1.05. The molecule has 1 saturated heterocycles. The number of rotatable bonds is 3. The van der Waals surface area contributed by atoms with Crippen molar-refractivity contribution in [3.63, 3.8) is 0 Å². The topological polar surface area (TPSA) is 82.5 Å². The molecule has 2 amide bonds. The van der Waals surface area contributed by atoms with Crippen LogP contribution in [0.3, 0.4) is 0 Å². The molecule has 0 radical (unpaired) electrons. The van der Waals surface area contributed by atoms with Crippen molar-refractivity contribution in [1.82, 2.24) is 9.88 Å². The van der Waals surface area contributed by atoms with Gasteiger partial charge in [0.1, 0.15) is 0 Å². The summed E-state index contributed by atoms with van der Waals surface area (Å²) in [6, 6.07) is 3.14. The summed E-state index contributed by atoms with van der Waals surface area (Å²) in [7, 11) is 0. The smallest absolute Gasteiger partial charge is 0.321 e. The minimum atomic E-state index is -0.921. The summed E-state index contributed by atoms with van der Waals surface area (Å²) < 4.78 is 0. The van der Waals surface area contributed by atoms with E-state index < -0.39 is 5.97 Å². The van der Waals surface area contributed by atoms with Crippen LogP contribution in [0.4, 0.5) is 10.5 Å². The van der Waals surface area contributed by atoms with Gasteiger partial charge < -0.3 is 15.3 Å². The molecule has 1 aliphatic heterocycles. The van der Waals surface area contributed by atoms with Gasteiger partial charge in [0.05, 0.1) is 24.0 Å². The number of carbonyl (C=O) groups excluding carboxylic acids is 1. The van der Waals surface area contributed by atoms with Crippen LogP contribution in [0.2, 0.25) is 0 Å². The van der Waals surface area contributed by atoms with Crippen molar-refractivity contribution < 1.29 is 14.7 Å². The van der Waals surface area contributed by atoms with Crippen LogP contribution < -0.4 is 5.32 Å². The van der Waals surface area contributed by atoms with Gasteiger partial charge in [-0.2, -0.15) is 11.8 Å². The van der Waals surface area contributed by atoms with E-state index in [9.17, 15) is 9.59 Å². The van der Waals surface area contributed by atoms with E-state index in [0.29, 0.717) is 11.4 Å². The van der Waals surface area contributed by atoms with E-state index >= 15 is 0 Å². The molecule has 2 N–H and O–H groups in total. The van der Waals surface area contributed by atoms with E-state index in [1.54, 1.807) is 17.0 Å². The fraction of sp³-hybridized carbons (Fsp3) is 0.417. The quantitative estimate of drug-likeness (QED) is 0.872. The molecule has 0 spiro atoms. The number of amides is 2. The van der Waals surface area contributed by atoms with Gasteiger partial charge in [-0.1, -0.05) is 0 Å².